The first-order valence-electron chi connectivity index (χ1n) is 9.52. The first-order chi connectivity index (χ1) is 13.7. The van der Waals surface area contributed by atoms with Crippen LogP contribution in [0.15, 0.2) is 53.6 Å². The second kappa shape index (κ2) is 9.87. The highest BCUT2D eigenvalue weighted by molar-refractivity contribution is 6.01. The summed E-state index contributed by atoms with van der Waals surface area (Å²) in [6.07, 6.45) is 0.111. The molecule has 0 aromatic heterocycles. The minimum atomic E-state index is -0.302. The van der Waals surface area contributed by atoms with E-state index in [0.717, 1.165) is 16.9 Å². The van der Waals surface area contributed by atoms with Crippen molar-refractivity contribution >= 4 is 17.5 Å². The van der Waals surface area contributed by atoms with Crippen LogP contribution < -0.4 is 15.5 Å². The van der Waals surface area contributed by atoms with Gasteiger partial charge in [-0.05, 0) is 47.7 Å². The topological polar surface area (TPSA) is 79.8 Å². The van der Waals surface area contributed by atoms with Gasteiger partial charge in [0.15, 0.2) is 0 Å². The van der Waals surface area contributed by atoms with Gasteiger partial charge in [-0.25, -0.2) is 5.43 Å². The van der Waals surface area contributed by atoms with Crippen LogP contribution in [0.3, 0.4) is 0 Å². The van der Waals surface area contributed by atoms with Crippen molar-refractivity contribution in [3.63, 3.8) is 0 Å². The molecule has 2 amide bonds. The molecule has 2 aromatic rings. The van der Waals surface area contributed by atoms with Crippen molar-refractivity contribution in [2.75, 3.05) is 7.11 Å². The molecule has 0 aliphatic rings. The number of hydrogen-bond acceptors (Lipinski definition) is 4. The molecular weight excluding hydrogens is 366 g/mol. The summed E-state index contributed by atoms with van der Waals surface area (Å²) in [5.74, 6) is 0.307. The minimum Gasteiger partial charge on any atom is -0.497 e. The number of carbonyl (C=O) groups is 2. The van der Waals surface area contributed by atoms with E-state index >= 15 is 0 Å². The van der Waals surface area contributed by atoms with E-state index in [0.29, 0.717) is 17.8 Å². The summed E-state index contributed by atoms with van der Waals surface area (Å²) in [6.45, 7) is 8.48. The summed E-state index contributed by atoms with van der Waals surface area (Å²) in [7, 11) is 1.61. The van der Waals surface area contributed by atoms with Crippen molar-refractivity contribution in [3.8, 4) is 5.75 Å². The SMILES string of the molecule is COc1ccc(CNC(=O)CC(C)=NNC(=O)c2ccc(C(C)(C)C)cc2)cc1. The normalized spacial score (nSPS) is 11.7. The molecule has 0 bridgehead atoms. The average molecular weight is 396 g/mol. The molecule has 0 heterocycles. The van der Waals surface area contributed by atoms with Crippen molar-refractivity contribution in [2.45, 2.75) is 46.1 Å². The van der Waals surface area contributed by atoms with Crippen LogP contribution in [-0.2, 0) is 16.8 Å². The molecule has 0 aliphatic carbocycles. The van der Waals surface area contributed by atoms with Gasteiger partial charge >= 0.3 is 0 Å². The zero-order valence-corrected chi connectivity index (χ0v) is 17.7. The summed E-state index contributed by atoms with van der Waals surface area (Å²) in [5.41, 5.74) is 5.71. The molecule has 0 aliphatic heterocycles. The molecule has 0 saturated carbocycles. The number of carbonyl (C=O) groups excluding carboxylic acids is 2. The fourth-order valence-corrected chi connectivity index (χ4v) is 2.61. The highest BCUT2D eigenvalue weighted by Gasteiger charge is 2.14. The summed E-state index contributed by atoms with van der Waals surface area (Å²) < 4.78 is 5.11. The first kappa shape index (κ1) is 22.1. The molecule has 0 radical (unpaired) electrons. The standard InChI is InChI=1S/C23H29N3O3/c1-16(14-21(27)24-15-17-6-12-20(29-5)13-7-17)25-26-22(28)18-8-10-19(11-9-18)23(2,3)4/h6-13H,14-15H2,1-5H3,(H,24,27)(H,26,28). The van der Waals surface area contributed by atoms with Gasteiger partial charge in [0.25, 0.3) is 5.91 Å². The molecule has 0 unspecified atom stereocenters. The maximum absolute atomic E-state index is 12.2. The lowest BCUT2D eigenvalue weighted by Gasteiger charge is -2.18. The van der Waals surface area contributed by atoms with Crippen LogP contribution in [0.1, 0.15) is 55.6 Å². The van der Waals surface area contributed by atoms with E-state index in [1.165, 1.54) is 0 Å². The Morgan fingerprint density at radius 2 is 1.62 bits per heavy atom. The van der Waals surface area contributed by atoms with Gasteiger partial charge in [0.1, 0.15) is 5.75 Å². The van der Waals surface area contributed by atoms with Crippen molar-refractivity contribution in [3.05, 3.63) is 65.2 Å². The van der Waals surface area contributed by atoms with E-state index in [-0.39, 0.29) is 23.7 Å². The van der Waals surface area contributed by atoms with Gasteiger partial charge in [-0.2, -0.15) is 5.10 Å². The molecular formula is C23H29N3O3. The summed E-state index contributed by atoms with van der Waals surface area (Å²) in [5, 5.41) is 6.86. The molecule has 29 heavy (non-hydrogen) atoms. The van der Waals surface area contributed by atoms with E-state index in [9.17, 15) is 9.59 Å². The first-order valence-corrected chi connectivity index (χ1v) is 9.52. The Morgan fingerprint density at radius 1 is 1.00 bits per heavy atom. The van der Waals surface area contributed by atoms with Crippen LogP contribution in [-0.4, -0.2) is 24.6 Å². The van der Waals surface area contributed by atoms with Crippen molar-refractivity contribution in [1.29, 1.82) is 0 Å². The Kier molecular flexibility index (Phi) is 7.53. The number of rotatable bonds is 7. The van der Waals surface area contributed by atoms with Gasteiger partial charge in [-0.3, -0.25) is 9.59 Å². The predicted molar refractivity (Wildman–Crippen MR) is 115 cm³/mol. The van der Waals surface area contributed by atoms with Crippen LogP contribution >= 0.6 is 0 Å². The van der Waals surface area contributed by atoms with Crippen LogP contribution in [0.5, 0.6) is 5.75 Å². The maximum Gasteiger partial charge on any atom is 0.271 e. The molecule has 0 saturated heterocycles. The third-order valence-electron chi connectivity index (χ3n) is 4.43. The smallest absolute Gasteiger partial charge is 0.271 e. The molecule has 0 atom stereocenters. The lowest BCUT2D eigenvalue weighted by Crippen LogP contribution is -2.26. The average Bonchev–Trinajstić information content (AvgIpc) is 2.70. The van der Waals surface area contributed by atoms with E-state index < -0.39 is 0 Å². The highest BCUT2D eigenvalue weighted by Crippen LogP contribution is 2.22. The summed E-state index contributed by atoms with van der Waals surface area (Å²) >= 11 is 0. The number of methoxy groups -OCH3 is 1. The number of nitrogens with one attached hydrogen (secondary N) is 2. The van der Waals surface area contributed by atoms with E-state index in [1.807, 2.05) is 36.4 Å². The Labute approximate surface area is 172 Å². The monoisotopic (exact) mass is 395 g/mol. The second-order valence-corrected chi connectivity index (χ2v) is 7.92. The number of hydrogen-bond donors (Lipinski definition) is 2. The van der Waals surface area contributed by atoms with Crippen molar-refractivity contribution in [1.82, 2.24) is 10.7 Å². The van der Waals surface area contributed by atoms with Gasteiger partial charge in [0, 0.05) is 17.8 Å². The molecule has 0 fully saturated rings. The van der Waals surface area contributed by atoms with Crippen LogP contribution in [0, 0.1) is 0 Å². The van der Waals surface area contributed by atoms with Gasteiger partial charge in [-0.1, -0.05) is 45.0 Å². The van der Waals surface area contributed by atoms with Gasteiger partial charge in [0.2, 0.25) is 5.91 Å². The van der Waals surface area contributed by atoms with Gasteiger partial charge in [-0.15, -0.1) is 0 Å². The number of ether oxygens (including phenoxy) is 1. The fraction of sp³-hybridized carbons (Fsp3) is 0.348. The fourth-order valence-electron chi connectivity index (χ4n) is 2.61. The Hall–Kier alpha value is -3.15. The molecule has 0 spiro atoms. The quantitative estimate of drug-likeness (QED) is 0.553. The molecule has 2 aromatic carbocycles. The third kappa shape index (κ3) is 7.07. The van der Waals surface area contributed by atoms with Crippen molar-refractivity contribution < 1.29 is 14.3 Å². The Balaban J connectivity index is 1.82. The number of nitrogens with zero attached hydrogens (tertiary/aromatic N) is 1. The number of amides is 2. The Morgan fingerprint density at radius 3 is 2.17 bits per heavy atom. The molecule has 2 rings (SSSR count). The van der Waals surface area contributed by atoms with Gasteiger partial charge < -0.3 is 10.1 Å². The predicted octanol–water partition coefficient (Wildman–Crippen LogP) is 3.80. The third-order valence-corrected chi connectivity index (χ3v) is 4.43. The lowest BCUT2D eigenvalue weighted by molar-refractivity contribution is -0.120. The summed E-state index contributed by atoms with van der Waals surface area (Å²) in [6, 6.07) is 14.9. The summed E-state index contributed by atoms with van der Waals surface area (Å²) in [4.78, 5) is 24.3. The number of hydrazone groups is 1. The minimum absolute atomic E-state index is 0.0307. The maximum atomic E-state index is 12.2. The lowest BCUT2D eigenvalue weighted by atomic mass is 9.87. The molecule has 154 valence electrons. The van der Waals surface area contributed by atoms with Crippen molar-refractivity contribution in [2.24, 2.45) is 5.10 Å². The molecule has 6 nitrogen and oxygen atoms in total. The second-order valence-electron chi connectivity index (χ2n) is 7.92. The Bertz CT molecular complexity index is 864. The van der Waals surface area contributed by atoms with E-state index in [4.69, 9.17) is 4.74 Å². The van der Waals surface area contributed by atoms with Crippen LogP contribution in [0.25, 0.3) is 0 Å². The highest BCUT2D eigenvalue weighted by atomic mass is 16.5. The van der Waals surface area contributed by atoms with E-state index in [2.05, 4.69) is 36.6 Å². The molecule has 6 heteroatoms. The van der Waals surface area contributed by atoms with Crippen LogP contribution in [0.4, 0.5) is 0 Å². The van der Waals surface area contributed by atoms with Gasteiger partial charge in [0.05, 0.1) is 13.5 Å². The largest absolute Gasteiger partial charge is 0.497 e. The number of benzene rings is 2. The molecule has 2 N–H and O–H groups in total. The van der Waals surface area contributed by atoms with Crippen LogP contribution in [0.2, 0.25) is 0 Å². The zero-order valence-electron chi connectivity index (χ0n) is 17.7. The van der Waals surface area contributed by atoms with E-state index in [1.54, 1.807) is 26.2 Å². The zero-order chi connectivity index (χ0) is 21.4.